The summed E-state index contributed by atoms with van der Waals surface area (Å²) in [5.74, 6) is 1.58. The molecule has 3 aliphatic rings. The summed E-state index contributed by atoms with van der Waals surface area (Å²) in [6.45, 7) is 9.89. The minimum atomic E-state index is -0.0625. The van der Waals surface area contributed by atoms with E-state index in [0.717, 1.165) is 69.4 Å². The Morgan fingerprint density at radius 2 is 1.81 bits per heavy atom. The molecule has 168 valence electrons. The lowest BCUT2D eigenvalue weighted by Crippen LogP contribution is -2.72. The van der Waals surface area contributed by atoms with Crippen molar-refractivity contribution in [2.24, 2.45) is 0 Å². The zero-order valence-electron chi connectivity index (χ0n) is 19.3. The van der Waals surface area contributed by atoms with Gasteiger partial charge in [0.1, 0.15) is 5.82 Å². The van der Waals surface area contributed by atoms with Crippen LogP contribution < -0.4 is 10.2 Å². The summed E-state index contributed by atoms with van der Waals surface area (Å²) in [4.78, 5) is 18.9. The second-order valence-electron chi connectivity index (χ2n) is 9.69. The summed E-state index contributed by atoms with van der Waals surface area (Å²) < 4.78 is 0. The molecule has 0 saturated carbocycles. The molecule has 4 heterocycles. The van der Waals surface area contributed by atoms with Crippen molar-refractivity contribution in [3.05, 3.63) is 41.1 Å². The van der Waals surface area contributed by atoms with Gasteiger partial charge >= 0.3 is 0 Å². The first-order valence-corrected chi connectivity index (χ1v) is 11.4. The highest BCUT2D eigenvalue weighted by molar-refractivity contribution is 5.60. The van der Waals surface area contributed by atoms with Crippen molar-refractivity contribution in [1.29, 1.82) is 5.26 Å². The quantitative estimate of drug-likeness (QED) is 0.771. The minimum absolute atomic E-state index is 0.0625. The van der Waals surface area contributed by atoms with Crippen molar-refractivity contribution < 1.29 is 0 Å². The zero-order valence-corrected chi connectivity index (χ0v) is 19.3. The molecule has 1 aromatic carbocycles. The molecule has 5 rings (SSSR count). The summed E-state index contributed by atoms with van der Waals surface area (Å²) in [6, 6.07) is 8.95. The van der Waals surface area contributed by atoms with Crippen molar-refractivity contribution in [3.8, 4) is 6.07 Å². The number of anilines is 3. The number of fused-ring (bicyclic) bond motifs is 1. The summed E-state index contributed by atoms with van der Waals surface area (Å²) in [5.41, 5.74) is 4.78. The lowest BCUT2D eigenvalue weighted by Gasteiger charge is -2.57. The van der Waals surface area contributed by atoms with Gasteiger partial charge in [-0.2, -0.15) is 10.2 Å². The summed E-state index contributed by atoms with van der Waals surface area (Å²) in [7, 11) is 4.31. The Balaban J connectivity index is 1.31. The maximum atomic E-state index is 9.51. The first-order chi connectivity index (χ1) is 15.5. The highest BCUT2D eigenvalue weighted by Gasteiger charge is 2.48. The van der Waals surface area contributed by atoms with Gasteiger partial charge in [0.05, 0.1) is 18.0 Å². The molecule has 0 spiro atoms. The van der Waals surface area contributed by atoms with E-state index in [1.54, 1.807) is 0 Å². The molecule has 0 unspecified atom stereocenters. The molecule has 0 atom stereocenters. The second-order valence-corrected chi connectivity index (χ2v) is 9.69. The molecule has 0 bridgehead atoms. The van der Waals surface area contributed by atoms with E-state index < -0.39 is 0 Å². The number of likely N-dealkylation sites (N-methyl/N-ethyl adjacent to an activating group) is 1. The fourth-order valence-corrected chi connectivity index (χ4v) is 5.25. The Morgan fingerprint density at radius 1 is 1.06 bits per heavy atom. The predicted molar refractivity (Wildman–Crippen MR) is 126 cm³/mol. The average Bonchev–Trinajstić information content (AvgIpc) is 3.12. The summed E-state index contributed by atoms with van der Waals surface area (Å²) in [6.07, 6.45) is 2.46. The summed E-state index contributed by atoms with van der Waals surface area (Å²) >= 11 is 0. The molecule has 8 heteroatoms. The van der Waals surface area contributed by atoms with Crippen LogP contribution in [0.2, 0.25) is 0 Å². The number of nitriles is 1. The first-order valence-electron chi connectivity index (χ1n) is 11.4. The number of piperazine rings is 1. The minimum Gasteiger partial charge on any atom is -0.352 e. The smallest absolute Gasteiger partial charge is 0.229 e. The van der Waals surface area contributed by atoms with Gasteiger partial charge in [-0.3, -0.25) is 9.80 Å². The lowest BCUT2D eigenvalue weighted by atomic mass is 9.84. The Morgan fingerprint density at radius 3 is 2.56 bits per heavy atom. The van der Waals surface area contributed by atoms with Gasteiger partial charge in [0, 0.05) is 69.8 Å². The average molecular weight is 433 g/mol. The van der Waals surface area contributed by atoms with Gasteiger partial charge in [-0.15, -0.1) is 0 Å². The largest absolute Gasteiger partial charge is 0.352 e. The molecule has 3 aliphatic heterocycles. The van der Waals surface area contributed by atoms with Crippen LogP contribution in [-0.4, -0.2) is 83.6 Å². The Kier molecular flexibility index (Phi) is 5.49. The maximum absolute atomic E-state index is 9.51. The van der Waals surface area contributed by atoms with Crippen LogP contribution in [-0.2, 0) is 13.1 Å². The number of hydrogen-bond donors (Lipinski definition) is 1. The van der Waals surface area contributed by atoms with E-state index in [2.05, 4.69) is 75.2 Å². The third kappa shape index (κ3) is 3.92. The molecule has 8 nitrogen and oxygen atoms in total. The van der Waals surface area contributed by atoms with Crippen LogP contribution in [0.5, 0.6) is 0 Å². The monoisotopic (exact) mass is 432 g/mol. The Hall–Kier alpha value is -2.73. The number of nitrogens with one attached hydrogen (secondary N) is 1. The van der Waals surface area contributed by atoms with Gasteiger partial charge in [-0.05, 0) is 44.3 Å². The van der Waals surface area contributed by atoms with E-state index in [-0.39, 0.29) is 5.54 Å². The van der Waals surface area contributed by atoms with E-state index in [9.17, 15) is 5.26 Å². The number of nitrogens with zero attached hydrogens (tertiary/aromatic N) is 7. The molecule has 0 radical (unpaired) electrons. The van der Waals surface area contributed by atoms with Crippen LogP contribution >= 0.6 is 0 Å². The van der Waals surface area contributed by atoms with Crippen molar-refractivity contribution in [3.63, 3.8) is 0 Å². The van der Waals surface area contributed by atoms with Crippen LogP contribution in [0, 0.1) is 18.3 Å². The molecule has 0 amide bonds. The molecule has 2 fully saturated rings. The van der Waals surface area contributed by atoms with Crippen molar-refractivity contribution in [2.45, 2.75) is 32.0 Å². The van der Waals surface area contributed by atoms with Crippen molar-refractivity contribution in [2.75, 3.05) is 63.6 Å². The normalized spacial score (nSPS) is 21.1. The standard InChI is InChI=1S/C24H32N8/c1-18-13-26-23(27-21-5-4-19-14-30(3)15-20(19)12-21)28-22(18)31-16-24(17-31,6-7-25)32-10-8-29(2)9-11-32/h4-5,12-13H,6,8-11,14-17H2,1-3H3,(H,26,27,28). The number of aromatic nitrogens is 2. The number of hydrogen-bond acceptors (Lipinski definition) is 8. The lowest BCUT2D eigenvalue weighted by molar-refractivity contribution is 0.0218. The number of rotatable bonds is 5. The predicted octanol–water partition coefficient (Wildman–Crippen LogP) is 2.19. The van der Waals surface area contributed by atoms with Crippen LogP contribution in [0.25, 0.3) is 0 Å². The van der Waals surface area contributed by atoms with Gasteiger partial charge in [0.15, 0.2) is 0 Å². The van der Waals surface area contributed by atoms with Crippen molar-refractivity contribution in [1.82, 2.24) is 24.7 Å². The molecule has 0 aliphatic carbocycles. The van der Waals surface area contributed by atoms with Gasteiger partial charge in [0.2, 0.25) is 5.95 Å². The number of benzene rings is 1. The first kappa shape index (κ1) is 21.1. The van der Waals surface area contributed by atoms with Gasteiger partial charge < -0.3 is 15.1 Å². The summed E-state index contributed by atoms with van der Waals surface area (Å²) in [5, 5.41) is 12.9. The van der Waals surface area contributed by atoms with Gasteiger partial charge in [-0.1, -0.05) is 6.07 Å². The molecule has 1 N–H and O–H groups in total. The SMILES string of the molecule is Cc1cnc(Nc2ccc3c(c2)CN(C)C3)nc1N1CC(CC#N)(N2CCN(C)CC2)C1. The molecular formula is C24H32N8. The van der Waals surface area contributed by atoms with E-state index >= 15 is 0 Å². The molecular weight excluding hydrogens is 400 g/mol. The van der Waals surface area contributed by atoms with E-state index in [0.29, 0.717) is 12.4 Å². The van der Waals surface area contributed by atoms with Crippen LogP contribution in [0.3, 0.4) is 0 Å². The van der Waals surface area contributed by atoms with Crippen LogP contribution in [0.15, 0.2) is 24.4 Å². The van der Waals surface area contributed by atoms with Crippen molar-refractivity contribution >= 4 is 17.5 Å². The highest BCUT2D eigenvalue weighted by Crippen LogP contribution is 2.36. The Labute approximate surface area is 190 Å². The number of aryl methyl sites for hydroxylation is 1. The zero-order chi connectivity index (χ0) is 22.3. The van der Waals surface area contributed by atoms with Crippen LogP contribution in [0.4, 0.5) is 17.5 Å². The third-order valence-corrected chi connectivity index (χ3v) is 7.14. The third-order valence-electron chi connectivity index (χ3n) is 7.14. The van der Waals surface area contributed by atoms with Crippen LogP contribution in [0.1, 0.15) is 23.1 Å². The second kappa shape index (κ2) is 8.32. The fourth-order valence-electron chi connectivity index (χ4n) is 5.25. The molecule has 2 saturated heterocycles. The van der Waals surface area contributed by atoms with Gasteiger partial charge in [-0.25, -0.2) is 4.98 Å². The van der Waals surface area contributed by atoms with Gasteiger partial charge in [0.25, 0.3) is 0 Å². The maximum Gasteiger partial charge on any atom is 0.229 e. The fraction of sp³-hybridized carbons (Fsp3) is 0.542. The van der Waals surface area contributed by atoms with E-state index in [4.69, 9.17) is 4.98 Å². The van der Waals surface area contributed by atoms with E-state index in [1.807, 2.05) is 6.20 Å². The van der Waals surface area contributed by atoms with E-state index in [1.165, 1.54) is 11.1 Å². The molecule has 32 heavy (non-hydrogen) atoms. The topological polar surface area (TPSA) is 74.6 Å². The Bertz CT molecular complexity index is 1030. The molecule has 2 aromatic rings. The highest BCUT2D eigenvalue weighted by atomic mass is 15.4. The molecule has 1 aromatic heterocycles.